The van der Waals surface area contributed by atoms with E-state index < -0.39 is 18.5 Å². The van der Waals surface area contributed by atoms with E-state index in [1.807, 2.05) is 6.07 Å². The summed E-state index contributed by atoms with van der Waals surface area (Å²) in [5.74, 6) is -0.682. The Hall–Kier alpha value is -4.26. The van der Waals surface area contributed by atoms with Gasteiger partial charge in [0.2, 0.25) is 0 Å². The van der Waals surface area contributed by atoms with Crippen molar-refractivity contribution in [1.29, 1.82) is 0 Å². The standard InChI is InChI=1S/C24H18N2O5/c1-15(27)16-8-10-17(11-9-16)25-23(28)14-31-24(29)19-13-21(22-7-4-12-30-22)26-20-6-3-2-5-18(19)20/h2-13H,14H2,1H3,(H,25,28). The first kappa shape index (κ1) is 20.0. The molecule has 7 nitrogen and oxygen atoms in total. The maximum absolute atomic E-state index is 12.8. The van der Waals surface area contributed by atoms with Gasteiger partial charge in [0, 0.05) is 16.6 Å². The van der Waals surface area contributed by atoms with E-state index >= 15 is 0 Å². The SMILES string of the molecule is CC(=O)c1ccc(NC(=O)COC(=O)c2cc(-c3ccco3)nc3ccccc23)cc1. The lowest BCUT2D eigenvalue weighted by molar-refractivity contribution is -0.119. The van der Waals surface area contributed by atoms with Crippen molar-refractivity contribution in [1.82, 2.24) is 4.98 Å². The van der Waals surface area contributed by atoms with Gasteiger partial charge in [-0.05, 0) is 55.5 Å². The van der Waals surface area contributed by atoms with Gasteiger partial charge in [0.25, 0.3) is 5.91 Å². The highest BCUT2D eigenvalue weighted by Gasteiger charge is 2.17. The van der Waals surface area contributed by atoms with Gasteiger partial charge in [-0.2, -0.15) is 0 Å². The van der Waals surface area contributed by atoms with Crippen LogP contribution < -0.4 is 5.32 Å². The predicted octanol–water partition coefficient (Wildman–Crippen LogP) is 4.49. The Labute approximate surface area is 177 Å². The Kier molecular flexibility index (Phi) is 5.57. The second-order valence-electron chi connectivity index (χ2n) is 6.81. The summed E-state index contributed by atoms with van der Waals surface area (Å²) in [5.41, 5.74) is 2.43. The molecule has 4 rings (SSSR count). The van der Waals surface area contributed by atoms with E-state index in [1.165, 1.54) is 13.2 Å². The number of pyridine rings is 1. The Morgan fingerprint density at radius 1 is 1.00 bits per heavy atom. The fourth-order valence-electron chi connectivity index (χ4n) is 3.09. The quantitative estimate of drug-likeness (QED) is 0.369. The number of ether oxygens (including phenoxy) is 1. The Balaban J connectivity index is 1.49. The Morgan fingerprint density at radius 2 is 1.77 bits per heavy atom. The molecular weight excluding hydrogens is 396 g/mol. The summed E-state index contributed by atoms with van der Waals surface area (Å²) in [6, 6.07) is 18.7. The van der Waals surface area contributed by atoms with Crippen LogP contribution in [0.1, 0.15) is 27.6 Å². The van der Waals surface area contributed by atoms with Crippen molar-refractivity contribution >= 4 is 34.3 Å². The van der Waals surface area contributed by atoms with Gasteiger partial charge < -0.3 is 14.5 Å². The number of para-hydroxylation sites is 1. The first-order chi connectivity index (χ1) is 15.0. The van der Waals surface area contributed by atoms with E-state index in [4.69, 9.17) is 9.15 Å². The molecule has 0 saturated carbocycles. The molecule has 2 aromatic heterocycles. The molecule has 2 aromatic carbocycles. The lowest BCUT2D eigenvalue weighted by Crippen LogP contribution is -2.21. The first-order valence-electron chi connectivity index (χ1n) is 9.53. The van der Waals surface area contributed by atoms with Crippen molar-refractivity contribution in [3.8, 4) is 11.5 Å². The van der Waals surface area contributed by atoms with Crippen LogP contribution in [0.2, 0.25) is 0 Å². The number of fused-ring (bicyclic) bond motifs is 1. The molecule has 7 heteroatoms. The maximum Gasteiger partial charge on any atom is 0.339 e. The van der Waals surface area contributed by atoms with Crippen LogP contribution >= 0.6 is 0 Å². The van der Waals surface area contributed by atoms with Crippen LogP contribution in [0.15, 0.2) is 77.4 Å². The zero-order valence-electron chi connectivity index (χ0n) is 16.6. The number of carbonyl (C=O) groups is 3. The minimum atomic E-state index is -0.645. The average Bonchev–Trinajstić information content (AvgIpc) is 3.32. The van der Waals surface area contributed by atoms with Crippen LogP contribution in [0.25, 0.3) is 22.4 Å². The number of Topliss-reactive ketones (excluding diaryl/α,β-unsaturated/α-hetero) is 1. The largest absolute Gasteiger partial charge is 0.463 e. The van der Waals surface area contributed by atoms with Gasteiger partial charge >= 0.3 is 5.97 Å². The van der Waals surface area contributed by atoms with Crippen LogP contribution in [0, 0.1) is 0 Å². The minimum Gasteiger partial charge on any atom is -0.463 e. The highest BCUT2D eigenvalue weighted by atomic mass is 16.5. The number of rotatable bonds is 6. The lowest BCUT2D eigenvalue weighted by Gasteiger charge is -2.10. The lowest BCUT2D eigenvalue weighted by atomic mass is 10.1. The predicted molar refractivity (Wildman–Crippen MR) is 115 cm³/mol. The molecular formula is C24H18N2O5. The molecule has 0 fully saturated rings. The number of benzene rings is 2. The zero-order valence-corrected chi connectivity index (χ0v) is 16.6. The molecule has 0 saturated heterocycles. The number of hydrogen-bond donors (Lipinski definition) is 1. The van der Waals surface area contributed by atoms with Crippen LogP contribution in [-0.2, 0) is 9.53 Å². The van der Waals surface area contributed by atoms with Gasteiger partial charge in [-0.1, -0.05) is 18.2 Å². The number of carbonyl (C=O) groups excluding carboxylic acids is 3. The molecule has 0 spiro atoms. The molecule has 2 heterocycles. The minimum absolute atomic E-state index is 0.0645. The summed E-state index contributed by atoms with van der Waals surface area (Å²) in [4.78, 5) is 40.8. The van der Waals surface area contributed by atoms with E-state index in [0.717, 1.165) is 0 Å². The van der Waals surface area contributed by atoms with E-state index in [1.54, 1.807) is 60.7 Å². The number of ketones is 1. The van der Waals surface area contributed by atoms with Gasteiger partial charge in [0.05, 0.1) is 17.3 Å². The van der Waals surface area contributed by atoms with Crippen LogP contribution in [-0.4, -0.2) is 29.3 Å². The molecule has 1 amide bonds. The molecule has 0 aliphatic heterocycles. The van der Waals surface area contributed by atoms with Gasteiger partial charge in [-0.3, -0.25) is 9.59 Å². The van der Waals surface area contributed by atoms with Gasteiger partial charge in [-0.25, -0.2) is 9.78 Å². The molecule has 31 heavy (non-hydrogen) atoms. The third-order valence-corrected chi connectivity index (χ3v) is 4.62. The number of nitrogens with zero attached hydrogens (tertiary/aromatic N) is 1. The van der Waals surface area contributed by atoms with Crippen molar-refractivity contribution in [3.63, 3.8) is 0 Å². The monoisotopic (exact) mass is 414 g/mol. The normalized spacial score (nSPS) is 10.6. The fourth-order valence-corrected chi connectivity index (χ4v) is 3.09. The molecule has 154 valence electrons. The van der Waals surface area contributed by atoms with Gasteiger partial charge in [-0.15, -0.1) is 0 Å². The number of furan rings is 1. The highest BCUT2D eigenvalue weighted by Crippen LogP contribution is 2.25. The summed E-state index contributed by atoms with van der Waals surface area (Å²) in [5, 5.41) is 3.24. The molecule has 0 bridgehead atoms. The smallest absolute Gasteiger partial charge is 0.339 e. The van der Waals surface area contributed by atoms with E-state index in [-0.39, 0.29) is 11.3 Å². The summed E-state index contributed by atoms with van der Waals surface area (Å²) >= 11 is 0. The molecule has 4 aromatic rings. The first-order valence-corrected chi connectivity index (χ1v) is 9.53. The molecule has 0 radical (unpaired) electrons. The zero-order chi connectivity index (χ0) is 21.8. The topological polar surface area (TPSA) is 98.5 Å². The van der Waals surface area contributed by atoms with Crippen LogP contribution in [0.3, 0.4) is 0 Å². The molecule has 0 aliphatic rings. The number of aromatic nitrogens is 1. The maximum atomic E-state index is 12.8. The Morgan fingerprint density at radius 3 is 2.48 bits per heavy atom. The highest BCUT2D eigenvalue weighted by molar-refractivity contribution is 6.05. The van der Waals surface area contributed by atoms with Crippen molar-refractivity contribution < 1.29 is 23.5 Å². The third-order valence-electron chi connectivity index (χ3n) is 4.62. The summed E-state index contributed by atoms with van der Waals surface area (Å²) in [7, 11) is 0. The number of nitrogens with one attached hydrogen (secondary N) is 1. The molecule has 0 unspecified atom stereocenters. The summed E-state index contributed by atoms with van der Waals surface area (Å²) in [6.45, 7) is 1.01. The van der Waals surface area contributed by atoms with Gasteiger partial charge in [0.15, 0.2) is 18.2 Å². The van der Waals surface area contributed by atoms with Crippen molar-refractivity contribution in [3.05, 3.63) is 84.1 Å². The van der Waals surface area contributed by atoms with Crippen LogP contribution in [0.5, 0.6) is 0 Å². The molecule has 0 aliphatic carbocycles. The summed E-state index contributed by atoms with van der Waals surface area (Å²) < 4.78 is 10.6. The molecule has 1 N–H and O–H groups in total. The Bertz CT molecular complexity index is 1260. The van der Waals surface area contributed by atoms with Crippen LogP contribution in [0.4, 0.5) is 5.69 Å². The summed E-state index contributed by atoms with van der Waals surface area (Å²) in [6.07, 6.45) is 1.53. The number of amides is 1. The number of hydrogen-bond acceptors (Lipinski definition) is 6. The van der Waals surface area contributed by atoms with E-state index in [2.05, 4.69) is 10.3 Å². The van der Waals surface area contributed by atoms with Crippen molar-refractivity contribution in [2.24, 2.45) is 0 Å². The second-order valence-corrected chi connectivity index (χ2v) is 6.81. The van der Waals surface area contributed by atoms with Crippen molar-refractivity contribution in [2.45, 2.75) is 6.92 Å². The third kappa shape index (κ3) is 4.51. The number of esters is 1. The van der Waals surface area contributed by atoms with Crippen molar-refractivity contribution in [2.75, 3.05) is 11.9 Å². The second kappa shape index (κ2) is 8.62. The van der Waals surface area contributed by atoms with E-state index in [9.17, 15) is 14.4 Å². The van der Waals surface area contributed by atoms with Gasteiger partial charge in [0.1, 0.15) is 5.69 Å². The number of anilines is 1. The average molecular weight is 414 g/mol. The van der Waals surface area contributed by atoms with E-state index in [0.29, 0.717) is 33.6 Å². The fraction of sp³-hybridized carbons (Fsp3) is 0.0833. The molecule has 0 atom stereocenters.